The molecule has 8 heteroatoms. The normalized spacial score (nSPS) is 12.1. The van der Waals surface area contributed by atoms with Crippen LogP contribution < -0.4 is 16.0 Å². The summed E-state index contributed by atoms with van der Waals surface area (Å²) >= 11 is 0. The average molecular weight is 823 g/mol. The predicted molar refractivity (Wildman–Crippen MR) is 274 cm³/mol. The van der Waals surface area contributed by atoms with E-state index in [1.54, 1.807) is 37.2 Å². The predicted octanol–water partition coefficient (Wildman–Crippen LogP) is 13.3. The Balaban J connectivity index is -0.0000000549. The Kier molecular flexibility index (Phi) is 152. The van der Waals surface area contributed by atoms with Crippen LogP contribution in [0, 0.1) is 0 Å². The Bertz CT molecular complexity index is 584. The number of likely N-dealkylation sites (N-methyl/N-ethyl adjacent to an activating group) is 2. The lowest BCUT2D eigenvalue weighted by molar-refractivity contribution is 0.181. The first-order valence-corrected chi connectivity index (χ1v) is 23.8. The van der Waals surface area contributed by atoms with Crippen molar-refractivity contribution in [1.82, 2.24) is 40.7 Å². The van der Waals surface area contributed by atoms with Crippen molar-refractivity contribution in [3.8, 4) is 0 Å². The molecule has 0 bridgehead atoms. The highest BCUT2D eigenvalue weighted by Crippen LogP contribution is 1.96. The molecule has 3 saturated heterocycles. The number of rotatable bonds is 0. The summed E-state index contributed by atoms with van der Waals surface area (Å²) in [6.45, 7) is 52.0. The number of nitrogens with one attached hydrogen (secondary N) is 3. The van der Waals surface area contributed by atoms with Crippen LogP contribution in [-0.2, 0) is 0 Å². The molecular weight excluding hydrogens is 713 g/mol. The van der Waals surface area contributed by atoms with E-state index in [4.69, 9.17) is 0 Å². The summed E-state index contributed by atoms with van der Waals surface area (Å²) in [4.78, 5) is 16.0. The number of hydrogen-bond acceptors (Lipinski definition) is 8. The van der Waals surface area contributed by atoms with Gasteiger partial charge in [0.05, 0.1) is 0 Å². The molecule has 0 atom stereocenters. The topological polar surface area (TPSA) is 81.2 Å². The van der Waals surface area contributed by atoms with Gasteiger partial charge in [-0.25, -0.2) is 0 Å². The van der Waals surface area contributed by atoms with Crippen LogP contribution in [0.4, 0.5) is 0 Å². The smallest absolute Gasteiger partial charge is 0.0451 e. The summed E-state index contributed by atoms with van der Waals surface area (Å²) in [6.07, 6.45) is 14.3. The summed E-state index contributed by atoms with van der Waals surface area (Å²) < 4.78 is 0. The van der Waals surface area contributed by atoms with Gasteiger partial charge in [0.1, 0.15) is 0 Å². The number of hydrogen-bond donors (Lipinski definition) is 3. The van der Waals surface area contributed by atoms with Gasteiger partial charge in [0.25, 0.3) is 0 Å². The van der Waals surface area contributed by atoms with Crippen LogP contribution in [0.1, 0.15) is 158 Å². The minimum Gasteiger partial charge on any atom is -0.317 e. The Hall–Kier alpha value is -2.75. The van der Waals surface area contributed by atoms with E-state index >= 15 is 0 Å². The van der Waals surface area contributed by atoms with E-state index in [-0.39, 0.29) is 0 Å². The van der Waals surface area contributed by atoms with E-state index < -0.39 is 0 Å². The highest BCUT2D eigenvalue weighted by Gasteiger charge is 2.07. The fourth-order valence-corrected chi connectivity index (χ4v) is 3.26. The first kappa shape index (κ1) is 79.4. The van der Waals surface area contributed by atoms with Gasteiger partial charge < -0.3 is 25.8 Å². The van der Waals surface area contributed by atoms with Gasteiger partial charge >= 0.3 is 0 Å². The minimum atomic E-state index is 1.14. The second kappa shape index (κ2) is 111. The number of piperidine rings is 1. The van der Waals surface area contributed by atoms with Crippen molar-refractivity contribution < 1.29 is 0 Å². The van der Waals surface area contributed by atoms with Gasteiger partial charge in [0, 0.05) is 89.5 Å². The zero-order chi connectivity index (χ0) is 47.2. The number of piperazine rings is 2. The molecule has 0 amide bonds. The van der Waals surface area contributed by atoms with Crippen molar-refractivity contribution in [1.29, 1.82) is 0 Å². The van der Waals surface area contributed by atoms with E-state index in [9.17, 15) is 0 Å². The maximum Gasteiger partial charge on any atom is 0.0451 e. The van der Waals surface area contributed by atoms with Crippen LogP contribution in [-0.4, -0.2) is 104 Å². The summed E-state index contributed by atoms with van der Waals surface area (Å²) in [6, 6.07) is 17.7. The lowest BCUT2D eigenvalue weighted by Gasteiger charge is -2.28. The highest BCUT2D eigenvalue weighted by molar-refractivity contribution is 4.99. The molecule has 2 aromatic heterocycles. The lowest BCUT2D eigenvalue weighted by atomic mass is 10.2. The zero-order valence-electron chi connectivity index (χ0n) is 43.6. The van der Waals surface area contributed by atoms with E-state index in [2.05, 4.69) is 54.8 Å². The summed E-state index contributed by atoms with van der Waals surface area (Å²) in [5, 5.41) is 9.73. The van der Waals surface area contributed by atoms with Gasteiger partial charge in [-0.05, 0) is 52.2 Å². The molecule has 3 aliphatic rings. The Morgan fingerprint density at radius 2 is 0.483 bits per heavy atom. The molecule has 0 unspecified atom stereocenters. The van der Waals surface area contributed by atoms with Crippen molar-refractivity contribution in [2.24, 2.45) is 0 Å². The fraction of sp³-hybridized carbons (Fsp3) is 0.700. The van der Waals surface area contributed by atoms with Crippen LogP contribution >= 0.6 is 0 Å². The minimum absolute atomic E-state index is 1.14. The summed E-state index contributed by atoms with van der Waals surface area (Å²) in [5.74, 6) is 0. The van der Waals surface area contributed by atoms with Crippen LogP contribution in [0.15, 0.2) is 91.8 Å². The molecule has 3 N–H and O–H groups in total. The highest BCUT2D eigenvalue weighted by atomic mass is 15.2. The summed E-state index contributed by atoms with van der Waals surface area (Å²) in [5.41, 5.74) is 0. The molecule has 350 valence electrons. The van der Waals surface area contributed by atoms with E-state index in [1.165, 1.54) is 58.5 Å². The Labute approximate surface area is 368 Å². The van der Waals surface area contributed by atoms with Crippen LogP contribution in [0.5, 0.6) is 0 Å². The van der Waals surface area contributed by atoms with Gasteiger partial charge in [-0.3, -0.25) is 15.0 Å². The maximum absolute atomic E-state index is 3.78. The molecule has 3 fully saturated rings. The van der Waals surface area contributed by atoms with Gasteiger partial charge in [-0.15, -0.1) is 0 Å². The van der Waals surface area contributed by atoms with Crippen molar-refractivity contribution in [2.45, 2.75) is 158 Å². The third-order valence-electron chi connectivity index (χ3n) is 5.60. The van der Waals surface area contributed by atoms with Crippen LogP contribution in [0.25, 0.3) is 0 Å². The quantitative estimate of drug-likeness (QED) is 0.207. The third kappa shape index (κ3) is 105. The number of aromatic nitrogens is 3. The SMILES string of the molecule is C1CCNCC1.C1CNCCN1.CC.CC.CC.CC.CC.CC.CC.CC.CC.CC.CN1CCN(C)CC1.c1ccccc1.c1ccncc1.c1cnccn1. The molecule has 3 aromatic rings. The van der Waals surface area contributed by atoms with Crippen LogP contribution in [0.2, 0.25) is 0 Å². The maximum atomic E-state index is 3.78. The van der Waals surface area contributed by atoms with Crippen molar-refractivity contribution in [2.75, 3.05) is 79.5 Å². The molecule has 0 spiro atoms. The first-order chi connectivity index (χ1) is 28.8. The Morgan fingerprint density at radius 1 is 0.276 bits per heavy atom. The molecule has 58 heavy (non-hydrogen) atoms. The van der Waals surface area contributed by atoms with Gasteiger partial charge in [0.2, 0.25) is 0 Å². The fourth-order valence-electron chi connectivity index (χ4n) is 3.26. The molecule has 6 rings (SSSR count). The Morgan fingerprint density at radius 3 is 0.603 bits per heavy atom. The van der Waals surface area contributed by atoms with E-state index in [0.717, 1.165) is 26.2 Å². The van der Waals surface area contributed by atoms with Gasteiger partial charge in [-0.1, -0.05) is 187 Å². The average Bonchev–Trinajstić information content (AvgIpc) is 3.40. The number of nitrogens with zero attached hydrogens (tertiary/aromatic N) is 5. The molecule has 0 saturated carbocycles. The molecule has 1 aromatic carbocycles. The molecular formula is C50H110N8. The second-order valence-electron chi connectivity index (χ2n) is 8.99. The van der Waals surface area contributed by atoms with Crippen molar-refractivity contribution >= 4 is 0 Å². The molecule has 0 aliphatic carbocycles. The second-order valence-corrected chi connectivity index (χ2v) is 8.99. The summed E-state index contributed by atoms with van der Waals surface area (Å²) in [7, 11) is 4.35. The molecule has 8 nitrogen and oxygen atoms in total. The van der Waals surface area contributed by atoms with E-state index in [0.29, 0.717) is 0 Å². The number of benzene rings is 1. The van der Waals surface area contributed by atoms with Crippen molar-refractivity contribution in [3.63, 3.8) is 0 Å². The zero-order valence-corrected chi connectivity index (χ0v) is 43.6. The monoisotopic (exact) mass is 823 g/mol. The standard InChI is InChI=1S/C6H14N2.C6H6.C5H11N.C5H5N.C4H10N2.C4H4N2.10C2H6/c1-7-3-5-8(2)6-4-7;3*1-2-4-6-5-3-1;2*1-2-6-4-3-5-1;10*1-2/h3-6H2,1-2H3;1-6H;6H,1-5H2;1-5H;5-6H,1-4H2;1-4H;10*1-2H3. The molecule has 0 radical (unpaired) electrons. The lowest BCUT2D eigenvalue weighted by Crippen LogP contribution is -2.42. The van der Waals surface area contributed by atoms with Crippen LogP contribution in [0.3, 0.4) is 0 Å². The molecule has 5 heterocycles. The third-order valence-corrected chi connectivity index (χ3v) is 5.60. The van der Waals surface area contributed by atoms with Gasteiger partial charge in [0.15, 0.2) is 0 Å². The molecule has 3 aliphatic heterocycles. The van der Waals surface area contributed by atoms with Crippen molar-refractivity contribution in [3.05, 3.63) is 91.8 Å². The number of pyridine rings is 1. The first-order valence-electron chi connectivity index (χ1n) is 23.8. The van der Waals surface area contributed by atoms with Gasteiger partial charge in [-0.2, -0.15) is 0 Å². The van der Waals surface area contributed by atoms with E-state index in [1.807, 2.05) is 193 Å². The largest absolute Gasteiger partial charge is 0.317 e.